The number of ether oxygens (including phenoxy) is 2. The fraction of sp³-hybridized carbons (Fsp3) is 0.308. The maximum Gasteiger partial charge on any atom is 0.254 e. The Labute approximate surface area is 202 Å². The van der Waals surface area contributed by atoms with Gasteiger partial charge in [-0.1, -0.05) is 23.7 Å². The van der Waals surface area contributed by atoms with Crippen molar-refractivity contribution in [2.24, 2.45) is 0 Å². The second-order valence-electron chi connectivity index (χ2n) is 8.62. The minimum absolute atomic E-state index is 0.0136. The molecule has 1 fully saturated rings. The predicted octanol–water partition coefficient (Wildman–Crippen LogP) is 4.80. The third-order valence-corrected chi connectivity index (χ3v) is 6.17. The summed E-state index contributed by atoms with van der Waals surface area (Å²) in [4.78, 5) is 30.1. The Balaban J connectivity index is 1.36. The lowest BCUT2D eigenvalue weighted by Crippen LogP contribution is -2.43. The summed E-state index contributed by atoms with van der Waals surface area (Å²) in [7, 11) is 0. The van der Waals surface area contributed by atoms with E-state index >= 15 is 0 Å². The van der Waals surface area contributed by atoms with E-state index in [0.717, 1.165) is 24.2 Å². The highest BCUT2D eigenvalue weighted by Crippen LogP contribution is 2.33. The van der Waals surface area contributed by atoms with Crippen LogP contribution in [0.3, 0.4) is 0 Å². The number of carbonyl (C=O) groups excluding carboxylic acids is 2. The van der Waals surface area contributed by atoms with E-state index in [2.05, 4.69) is 0 Å². The van der Waals surface area contributed by atoms with Crippen molar-refractivity contribution in [1.82, 2.24) is 9.80 Å². The van der Waals surface area contributed by atoms with Crippen molar-refractivity contribution in [2.45, 2.75) is 38.9 Å². The Morgan fingerprint density at radius 3 is 2.56 bits per heavy atom. The molecule has 0 unspecified atom stereocenters. The van der Waals surface area contributed by atoms with Crippen molar-refractivity contribution in [3.63, 3.8) is 0 Å². The standard InChI is InChI=1S/C26H25ClN2O5/c1-17-5-9-22(34-17)14-28(13-18-6-10-23-24(11-18)33-16-32-23)25(30)15-29(21-7-8-21)26(31)19-3-2-4-20(27)12-19/h2-6,9-12,21H,7-8,13-16H2,1H3. The first-order valence-electron chi connectivity index (χ1n) is 11.2. The number of halogens is 1. The lowest BCUT2D eigenvalue weighted by atomic mass is 10.1. The molecule has 0 radical (unpaired) electrons. The van der Waals surface area contributed by atoms with Gasteiger partial charge in [0.25, 0.3) is 5.91 Å². The van der Waals surface area contributed by atoms with Gasteiger partial charge < -0.3 is 23.7 Å². The highest BCUT2D eigenvalue weighted by molar-refractivity contribution is 6.31. The number of hydrogen-bond donors (Lipinski definition) is 0. The zero-order valence-corrected chi connectivity index (χ0v) is 19.6. The van der Waals surface area contributed by atoms with Crippen LogP contribution in [0.2, 0.25) is 5.02 Å². The summed E-state index contributed by atoms with van der Waals surface area (Å²) >= 11 is 6.09. The molecular weight excluding hydrogens is 456 g/mol. The first-order chi connectivity index (χ1) is 16.5. The van der Waals surface area contributed by atoms with E-state index in [0.29, 0.717) is 40.9 Å². The molecule has 34 heavy (non-hydrogen) atoms. The van der Waals surface area contributed by atoms with Gasteiger partial charge in [0.1, 0.15) is 18.1 Å². The molecule has 0 N–H and O–H groups in total. The molecule has 0 bridgehead atoms. The van der Waals surface area contributed by atoms with Gasteiger partial charge in [0.05, 0.1) is 6.54 Å². The third-order valence-electron chi connectivity index (χ3n) is 5.93. The second kappa shape index (κ2) is 9.43. The van der Waals surface area contributed by atoms with E-state index in [1.165, 1.54) is 0 Å². The number of aryl methyl sites for hydroxylation is 1. The SMILES string of the molecule is Cc1ccc(CN(Cc2ccc3c(c2)OCO3)C(=O)CN(C(=O)c2cccc(Cl)c2)C2CC2)o1. The van der Waals surface area contributed by atoms with Crippen LogP contribution in [0.4, 0.5) is 0 Å². The maximum atomic E-state index is 13.5. The average molecular weight is 481 g/mol. The number of benzene rings is 2. The van der Waals surface area contributed by atoms with Crippen LogP contribution < -0.4 is 9.47 Å². The molecule has 0 spiro atoms. The van der Waals surface area contributed by atoms with Gasteiger partial charge in [0.15, 0.2) is 11.5 Å². The summed E-state index contributed by atoms with van der Waals surface area (Å²) in [6.07, 6.45) is 1.78. The number of rotatable bonds is 8. The summed E-state index contributed by atoms with van der Waals surface area (Å²) in [5, 5.41) is 0.491. The molecule has 7 nitrogen and oxygen atoms in total. The maximum absolute atomic E-state index is 13.5. The van der Waals surface area contributed by atoms with Crippen LogP contribution in [0.5, 0.6) is 11.5 Å². The molecule has 1 aromatic heterocycles. The molecule has 8 heteroatoms. The molecule has 2 heterocycles. The van der Waals surface area contributed by atoms with Gasteiger partial charge in [0, 0.05) is 23.2 Å². The van der Waals surface area contributed by atoms with E-state index in [4.69, 9.17) is 25.5 Å². The molecule has 5 rings (SSSR count). The summed E-state index contributed by atoms with van der Waals surface area (Å²) in [5.41, 5.74) is 1.39. The second-order valence-corrected chi connectivity index (χ2v) is 9.06. The van der Waals surface area contributed by atoms with Gasteiger partial charge in [0.2, 0.25) is 12.7 Å². The topological polar surface area (TPSA) is 72.2 Å². The summed E-state index contributed by atoms with van der Waals surface area (Å²) in [6.45, 7) is 2.69. The molecule has 0 saturated heterocycles. The normalized spacial score (nSPS) is 14.2. The molecular formula is C26H25ClN2O5. The highest BCUT2D eigenvalue weighted by atomic mass is 35.5. The smallest absolute Gasteiger partial charge is 0.254 e. The van der Waals surface area contributed by atoms with E-state index in [-0.39, 0.29) is 31.2 Å². The number of fused-ring (bicyclic) bond motifs is 1. The number of hydrogen-bond acceptors (Lipinski definition) is 5. The van der Waals surface area contributed by atoms with E-state index in [1.54, 1.807) is 34.1 Å². The number of furan rings is 1. The van der Waals surface area contributed by atoms with Crippen molar-refractivity contribution >= 4 is 23.4 Å². The Hall–Kier alpha value is -3.45. The minimum atomic E-state index is -0.185. The summed E-state index contributed by atoms with van der Waals surface area (Å²) in [5.74, 6) is 2.47. The van der Waals surface area contributed by atoms with Gasteiger partial charge in [-0.15, -0.1) is 0 Å². The average Bonchev–Trinajstić information content (AvgIpc) is 3.42. The van der Waals surface area contributed by atoms with Crippen LogP contribution in [0.15, 0.2) is 59.0 Å². The van der Waals surface area contributed by atoms with Crippen molar-refractivity contribution in [1.29, 1.82) is 0 Å². The Morgan fingerprint density at radius 2 is 1.82 bits per heavy atom. The molecule has 3 aromatic rings. The van der Waals surface area contributed by atoms with Crippen molar-refractivity contribution in [3.8, 4) is 11.5 Å². The number of nitrogens with zero attached hydrogens (tertiary/aromatic N) is 2. The quantitative estimate of drug-likeness (QED) is 0.463. The van der Waals surface area contributed by atoms with Crippen LogP contribution in [-0.2, 0) is 17.9 Å². The van der Waals surface area contributed by atoms with Crippen molar-refractivity contribution in [3.05, 3.63) is 82.3 Å². The zero-order valence-electron chi connectivity index (χ0n) is 18.8. The molecule has 2 amide bonds. The lowest BCUT2D eigenvalue weighted by molar-refractivity contribution is -0.133. The molecule has 2 aromatic carbocycles. The van der Waals surface area contributed by atoms with Crippen LogP contribution in [0, 0.1) is 6.92 Å². The Morgan fingerprint density at radius 1 is 1.00 bits per heavy atom. The predicted molar refractivity (Wildman–Crippen MR) is 126 cm³/mol. The van der Waals surface area contributed by atoms with Gasteiger partial charge in [-0.25, -0.2) is 0 Å². The Bertz CT molecular complexity index is 1220. The van der Waals surface area contributed by atoms with Crippen LogP contribution in [0.25, 0.3) is 0 Å². The van der Waals surface area contributed by atoms with Crippen LogP contribution in [0.1, 0.15) is 40.3 Å². The summed E-state index contributed by atoms with van der Waals surface area (Å²) < 4.78 is 16.6. The third kappa shape index (κ3) is 5.04. The van der Waals surface area contributed by atoms with Crippen molar-refractivity contribution in [2.75, 3.05) is 13.3 Å². The zero-order chi connectivity index (χ0) is 23.7. The van der Waals surface area contributed by atoms with Crippen molar-refractivity contribution < 1.29 is 23.5 Å². The monoisotopic (exact) mass is 480 g/mol. The minimum Gasteiger partial charge on any atom is -0.464 e. The van der Waals surface area contributed by atoms with Gasteiger partial charge in [-0.2, -0.15) is 0 Å². The highest BCUT2D eigenvalue weighted by Gasteiger charge is 2.35. The van der Waals surface area contributed by atoms with E-state index < -0.39 is 0 Å². The van der Waals surface area contributed by atoms with Gasteiger partial charge in [-0.05, 0) is 67.8 Å². The molecule has 1 aliphatic heterocycles. The first kappa shape index (κ1) is 22.3. The Kier molecular flexibility index (Phi) is 6.20. The number of amides is 2. The molecule has 2 aliphatic rings. The molecule has 1 saturated carbocycles. The van der Waals surface area contributed by atoms with Crippen LogP contribution >= 0.6 is 11.6 Å². The molecule has 1 aliphatic carbocycles. The fourth-order valence-electron chi connectivity index (χ4n) is 4.04. The van der Waals surface area contributed by atoms with Gasteiger partial charge in [-0.3, -0.25) is 9.59 Å². The lowest BCUT2D eigenvalue weighted by Gasteiger charge is -2.27. The van der Waals surface area contributed by atoms with E-state index in [9.17, 15) is 9.59 Å². The largest absolute Gasteiger partial charge is 0.464 e. The molecule has 176 valence electrons. The summed E-state index contributed by atoms with van der Waals surface area (Å²) in [6, 6.07) is 16.3. The van der Waals surface area contributed by atoms with E-state index in [1.807, 2.05) is 37.3 Å². The number of carbonyl (C=O) groups is 2. The molecule has 0 atom stereocenters. The first-order valence-corrected chi connectivity index (χ1v) is 11.6. The van der Waals surface area contributed by atoms with Gasteiger partial charge >= 0.3 is 0 Å². The van der Waals surface area contributed by atoms with Crippen LogP contribution in [-0.4, -0.2) is 41.0 Å². The fourth-order valence-corrected chi connectivity index (χ4v) is 4.23.